The Hall–Kier alpha value is -0.770. The average molecular weight is 283 g/mol. The van der Waals surface area contributed by atoms with Gasteiger partial charge in [0, 0.05) is 19.1 Å². The van der Waals surface area contributed by atoms with Gasteiger partial charge in [-0.05, 0) is 38.3 Å². The van der Waals surface area contributed by atoms with Gasteiger partial charge in [-0.1, -0.05) is 40.0 Å². The normalized spacial score (nSPS) is 17.2. The first-order valence-electron chi connectivity index (χ1n) is 8.10. The molecule has 0 atom stereocenters. The van der Waals surface area contributed by atoms with Crippen LogP contribution in [-0.2, 0) is 0 Å². The third kappa shape index (κ3) is 7.73. The minimum atomic E-state index is -0.0414. The Morgan fingerprint density at radius 1 is 1.15 bits per heavy atom. The fourth-order valence-corrected chi connectivity index (χ4v) is 2.64. The Labute approximate surface area is 124 Å². The highest BCUT2D eigenvalue weighted by Crippen LogP contribution is 2.21. The molecule has 0 heterocycles. The molecule has 0 spiro atoms. The van der Waals surface area contributed by atoms with Crippen molar-refractivity contribution in [3.63, 3.8) is 0 Å². The number of amides is 2. The molecule has 0 aromatic carbocycles. The van der Waals surface area contributed by atoms with Crippen LogP contribution in [0.15, 0.2) is 0 Å². The molecule has 2 amide bonds. The molecule has 0 aromatic heterocycles. The van der Waals surface area contributed by atoms with E-state index in [4.69, 9.17) is 0 Å². The molecular formula is C16H33N3O. The fraction of sp³-hybridized carbons (Fsp3) is 0.938. The quantitative estimate of drug-likeness (QED) is 0.736. The maximum absolute atomic E-state index is 11.6. The van der Waals surface area contributed by atoms with E-state index in [1.807, 2.05) is 0 Å². The van der Waals surface area contributed by atoms with E-state index >= 15 is 0 Å². The molecule has 1 fully saturated rings. The van der Waals surface area contributed by atoms with Crippen molar-refractivity contribution < 1.29 is 4.79 Å². The van der Waals surface area contributed by atoms with Crippen molar-refractivity contribution in [1.29, 1.82) is 0 Å². The molecule has 4 nitrogen and oxygen atoms in total. The van der Waals surface area contributed by atoms with Gasteiger partial charge in [-0.15, -0.1) is 0 Å². The molecule has 1 saturated carbocycles. The SMILES string of the molecule is CN(CCCNC(=O)NCC(C)(C)C)C1CCCCC1. The maximum atomic E-state index is 11.6. The van der Waals surface area contributed by atoms with Gasteiger partial charge in [0.05, 0.1) is 0 Å². The highest BCUT2D eigenvalue weighted by molar-refractivity contribution is 5.73. The van der Waals surface area contributed by atoms with Crippen molar-refractivity contribution >= 4 is 6.03 Å². The van der Waals surface area contributed by atoms with E-state index in [1.54, 1.807) is 0 Å². The van der Waals surface area contributed by atoms with Gasteiger partial charge < -0.3 is 15.5 Å². The van der Waals surface area contributed by atoms with Crippen LogP contribution in [0, 0.1) is 5.41 Å². The number of nitrogens with zero attached hydrogens (tertiary/aromatic N) is 1. The van der Waals surface area contributed by atoms with Crippen LogP contribution < -0.4 is 10.6 Å². The number of hydrogen-bond donors (Lipinski definition) is 2. The number of hydrogen-bond acceptors (Lipinski definition) is 2. The zero-order valence-electron chi connectivity index (χ0n) is 13.8. The highest BCUT2D eigenvalue weighted by Gasteiger charge is 2.17. The fourth-order valence-electron chi connectivity index (χ4n) is 2.64. The first kappa shape index (κ1) is 17.3. The van der Waals surface area contributed by atoms with Crippen molar-refractivity contribution in [2.45, 2.75) is 65.3 Å². The molecule has 0 aromatic rings. The second-order valence-corrected chi connectivity index (χ2v) is 7.30. The van der Waals surface area contributed by atoms with E-state index in [0.717, 1.165) is 25.6 Å². The van der Waals surface area contributed by atoms with Crippen LogP contribution in [0.25, 0.3) is 0 Å². The zero-order chi connectivity index (χ0) is 15.0. The van der Waals surface area contributed by atoms with Crippen molar-refractivity contribution in [2.75, 3.05) is 26.7 Å². The van der Waals surface area contributed by atoms with Gasteiger partial charge in [-0.25, -0.2) is 4.79 Å². The third-order valence-electron chi connectivity index (χ3n) is 3.95. The summed E-state index contributed by atoms with van der Waals surface area (Å²) in [4.78, 5) is 14.1. The number of carbonyl (C=O) groups excluding carboxylic acids is 1. The summed E-state index contributed by atoms with van der Waals surface area (Å²) >= 11 is 0. The van der Waals surface area contributed by atoms with Crippen molar-refractivity contribution in [1.82, 2.24) is 15.5 Å². The van der Waals surface area contributed by atoms with Gasteiger partial charge in [0.25, 0.3) is 0 Å². The summed E-state index contributed by atoms with van der Waals surface area (Å²) in [6, 6.07) is 0.721. The zero-order valence-corrected chi connectivity index (χ0v) is 13.8. The number of rotatable bonds is 6. The second kappa shape index (κ2) is 8.50. The number of nitrogens with one attached hydrogen (secondary N) is 2. The summed E-state index contributed by atoms with van der Waals surface area (Å²) < 4.78 is 0. The van der Waals surface area contributed by atoms with Crippen LogP contribution in [0.1, 0.15) is 59.3 Å². The molecule has 20 heavy (non-hydrogen) atoms. The first-order valence-corrected chi connectivity index (χ1v) is 8.10. The molecule has 118 valence electrons. The second-order valence-electron chi connectivity index (χ2n) is 7.30. The van der Waals surface area contributed by atoms with Crippen LogP contribution in [-0.4, -0.2) is 43.7 Å². The molecule has 4 heteroatoms. The van der Waals surface area contributed by atoms with Crippen LogP contribution in [0.3, 0.4) is 0 Å². The minimum absolute atomic E-state index is 0.0414. The van der Waals surface area contributed by atoms with Crippen molar-refractivity contribution in [3.8, 4) is 0 Å². The molecular weight excluding hydrogens is 250 g/mol. The Kier molecular flexibility index (Phi) is 7.35. The van der Waals surface area contributed by atoms with Crippen LogP contribution in [0.4, 0.5) is 4.79 Å². The lowest BCUT2D eigenvalue weighted by atomic mass is 9.94. The Balaban J connectivity index is 2.04. The van der Waals surface area contributed by atoms with Crippen LogP contribution in [0.2, 0.25) is 0 Å². The van der Waals surface area contributed by atoms with Gasteiger partial charge in [0.2, 0.25) is 0 Å². The number of carbonyl (C=O) groups is 1. The lowest BCUT2D eigenvalue weighted by molar-refractivity contribution is 0.189. The smallest absolute Gasteiger partial charge is 0.314 e. The lowest BCUT2D eigenvalue weighted by Gasteiger charge is -2.31. The molecule has 0 aliphatic heterocycles. The molecule has 2 N–H and O–H groups in total. The standard InChI is InChI=1S/C16H33N3O/c1-16(2,3)13-18-15(20)17-11-8-12-19(4)14-9-6-5-7-10-14/h14H,5-13H2,1-4H3,(H2,17,18,20). The molecule has 0 radical (unpaired) electrons. The molecule has 1 rings (SSSR count). The summed E-state index contributed by atoms with van der Waals surface area (Å²) in [6.07, 6.45) is 7.87. The number of urea groups is 1. The first-order chi connectivity index (χ1) is 9.38. The van der Waals surface area contributed by atoms with Gasteiger partial charge in [-0.2, -0.15) is 0 Å². The summed E-state index contributed by atoms with van der Waals surface area (Å²) in [6.45, 7) is 8.89. The van der Waals surface area contributed by atoms with Crippen molar-refractivity contribution in [2.24, 2.45) is 5.41 Å². The largest absolute Gasteiger partial charge is 0.338 e. The monoisotopic (exact) mass is 283 g/mol. The lowest BCUT2D eigenvalue weighted by Crippen LogP contribution is -2.41. The molecule has 0 saturated heterocycles. The van der Waals surface area contributed by atoms with E-state index in [2.05, 4.69) is 43.4 Å². The molecule has 1 aliphatic rings. The minimum Gasteiger partial charge on any atom is -0.338 e. The third-order valence-corrected chi connectivity index (χ3v) is 3.95. The van der Waals surface area contributed by atoms with Crippen molar-refractivity contribution in [3.05, 3.63) is 0 Å². The Morgan fingerprint density at radius 3 is 2.40 bits per heavy atom. The molecule has 0 bridgehead atoms. The topological polar surface area (TPSA) is 44.4 Å². The van der Waals surface area contributed by atoms with E-state index in [9.17, 15) is 4.79 Å². The van der Waals surface area contributed by atoms with E-state index < -0.39 is 0 Å². The summed E-state index contributed by atoms with van der Waals surface area (Å²) in [7, 11) is 2.22. The average Bonchev–Trinajstić information content (AvgIpc) is 2.41. The van der Waals surface area contributed by atoms with Crippen LogP contribution in [0.5, 0.6) is 0 Å². The predicted octanol–water partition coefficient (Wildman–Crippen LogP) is 2.99. The van der Waals surface area contributed by atoms with Gasteiger partial charge in [0.15, 0.2) is 0 Å². The van der Waals surface area contributed by atoms with Gasteiger partial charge >= 0.3 is 6.03 Å². The molecule has 1 aliphatic carbocycles. The van der Waals surface area contributed by atoms with E-state index in [1.165, 1.54) is 32.1 Å². The summed E-state index contributed by atoms with van der Waals surface area (Å²) in [5.74, 6) is 0. The van der Waals surface area contributed by atoms with Gasteiger partial charge in [-0.3, -0.25) is 0 Å². The summed E-state index contributed by atoms with van der Waals surface area (Å²) in [5.41, 5.74) is 0.137. The van der Waals surface area contributed by atoms with Gasteiger partial charge in [0.1, 0.15) is 0 Å². The Bertz CT molecular complexity index is 280. The van der Waals surface area contributed by atoms with Crippen LogP contribution >= 0.6 is 0 Å². The highest BCUT2D eigenvalue weighted by atomic mass is 16.2. The summed E-state index contributed by atoms with van der Waals surface area (Å²) in [5, 5.41) is 5.85. The van der Waals surface area contributed by atoms with E-state index in [0.29, 0.717) is 6.54 Å². The maximum Gasteiger partial charge on any atom is 0.314 e. The Morgan fingerprint density at radius 2 is 1.80 bits per heavy atom. The molecule has 0 unspecified atom stereocenters. The predicted molar refractivity (Wildman–Crippen MR) is 85.0 cm³/mol. The van der Waals surface area contributed by atoms with E-state index in [-0.39, 0.29) is 11.4 Å².